The number of aryl methyl sites for hydroxylation is 1. The quantitative estimate of drug-likeness (QED) is 0.695. The zero-order valence-electron chi connectivity index (χ0n) is 14.3. The summed E-state index contributed by atoms with van der Waals surface area (Å²) in [5.41, 5.74) is 1.02. The number of benzene rings is 1. The first-order chi connectivity index (χ1) is 11.9. The lowest BCUT2D eigenvalue weighted by Gasteiger charge is -2.32. The number of aliphatic hydroxyl groups excluding tert-OH is 1. The van der Waals surface area contributed by atoms with Crippen molar-refractivity contribution in [3.05, 3.63) is 29.8 Å². The average Bonchev–Trinajstić information content (AvgIpc) is 3.02. The first-order valence-corrected chi connectivity index (χ1v) is 10.1. The Morgan fingerprint density at radius 2 is 1.88 bits per heavy atom. The highest BCUT2D eigenvalue weighted by Gasteiger charge is 2.32. The van der Waals surface area contributed by atoms with E-state index >= 15 is 0 Å². The highest BCUT2D eigenvalue weighted by Crippen LogP contribution is 2.21. The van der Waals surface area contributed by atoms with Crippen LogP contribution in [0.15, 0.2) is 29.2 Å². The van der Waals surface area contributed by atoms with E-state index in [4.69, 9.17) is 0 Å². The smallest absolute Gasteiger partial charge is 0.243 e. The number of carbonyl (C=O) groups excluding carboxylic acids is 1. The highest BCUT2D eigenvalue weighted by molar-refractivity contribution is 7.89. The predicted octanol–water partition coefficient (Wildman–Crippen LogP) is -0.0129. The number of amides is 1. The maximum atomic E-state index is 12.7. The van der Waals surface area contributed by atoms with Gasteiger partial charge in [-0.05, 0) is 38.3 Å². The number of aliphatic hydroxyl groups is 1. The number of hydrogen-bond donors (Lipinski definition) is 3. The molecule has 2 aliphatic heterocycles. The molecule has 0 aliphatic carbocycles. The third-order valence-corrected chi connectivity index (χ3v) is 6.80. The van der Waals surface area contributed by atoms with E-state index in [1.54, 1.807) is 24.3 Å². The van der Waals surface area contributed by atoms with Gasteiger partial charge in [-0.15, -0.1) is 0 Å². The zero-order chi connectivity index (χ0) is 18.0. The van der Waals surface area contributed by atoms with Crippen LogP contribution in [0.5, 0.6) is 0 Å². The van der Waals surface area contributed by atoms with Crippen LogP contribution in [0.1, 0.15) is 24.8 Å². The monoisotopic (exact) mass is 367 g/mol. The van der Waals surface area contributed by atoms with E-state index in [1.807, 2.05) is 6.92 Å². The van der Waals surface area contributed by atoms with Crippen LogP contribution in [0.3, 0.4) is 0 Å². The van der Waals surface area contributed by atoms with Crippen molar-refractivity contribution >= 4 is 15.9 Å². The number of β-amino-alcohol motifs (C(OH)–C–C–N with tert-alkyl or cyclic N) is 1. The maximum Gasteiger partial charge on any atom is 0.243 e. The van der Waals surface area contributed by atoms with Crippen LogP contribution in [-0.4, -0.2) is 61.6 Å². The van der Waals surface area contributed by atoms with Crippen molar-refractivity contribution in [2.24, 2.45) is 0 Å². The molecule has 2 atom stereocenters. The van der Waals surface area contributed by atoms with Crippen molar-refractivity contribution in [3.8, 4) is 0 Å². The largest absolute Gasteiger partial charge is 0.392 e. The minimum Gasteiger partial charge on any atom is -0.392 e. The summed E-state index contributed by atoms with van der Waals surface area (Å²) in [6.07, 6.45) is 1.13. The fraction of sp³-hybridized carbons (Fsp3) is 0.588. The van der Waals surface area contributed by atoms with E-state index in [9.17, 15) is 18.3 Å². The van der Waals surface area contributed by atoms with E-state index in [2.05, 4.69) is 10.6 Å². The molecule has 1 aromatic rings. The van der Waals surface area contributed by atoms with Crippen molar-refractivity contribution in [2.45, 2.75) is 49.3 Å². The molecule has 0 radical (unpaired) electrons. The van der Waals surface area contributed by atoms with Crippen molar-refractivity contribution in [1.82, 2.24) is 14.9 Å². The second-order valence-electron chi connectivity index (χ2n) is 6.85. The van der Waals surface area contributed by atoms with Gasteiger partial charge >= 0.3 is 0 Å². The third kappa shape index (κ3) is 4.20. The van der Waals surface area contributed by atoms with Crippen LogP contribution in [-0.2, 0) is 14.8 Å². The molecule has 2 fully saturated rings. The molecule has 0 aromatic heterocycles. The van der Waals surface area contributed by atoms with Gasteiger partial charge in [0.25, 0.3) is 0 Å². The first kappa shape index (κ1) is 18.3. The van der Waals surface area contributed by atoms with Crippen LogP contribution < -0.4 is 10.6 Å². The molecule has 2 unspecified atom stereocenters. The molecule has 7 nitrogen and oxygen atoms in total. The summed E-state index contributed by atoms with van der Waals surface area (Å²) in [5, 5.41) is 15.4. The molecule has 1 amide bonds. The van der Waals surface area contributed by atoms with Gasteiger partial charge in [-0.3, -0.25) is 4.79 Å². The molecule has 2 aliphatic rings. The molecule has 2 heterocycles. The number of nitrogens with zero attached hydrogens (tertiary/aromatic N) is 1. The lowest BCUT2D eigenvalue weighted by molar-refractivity contribution is -0.123. The highest BCUT2D eigenvalue weighted by atomic mass is 32.2. The standard InChI is InChI=1S/C17H25N3O4S/c1-12-2-4-15(5-3-12)25(23,24)20-8-6-13(7-9-20)19-17(22)16-10-14(21)11-18-16/h2-5,13-14,16,18,21H,6-11H2,1H3,(H,19,22). The van der Waals surface area contributed by atoms with E-state index in [0.717, 1.165) is 5.56 Å². The van der Waals surface area contributed by atoms with Gasteiger partial charge < -0.3 is 15.7 Å². The second-order valence-corrected chi connectivity index (χ2v) is 8.79. The number of carbonyl (C=O) groups is 1. The summed E-state index contributed by atoms with van der Waals surface area (Å²) >= 11 is 0. The first-order valence-electron chi connectivity index (χ1n) is 8.65. The molecule has 138 valence electrons. The Morgan fingerprint density at radius 1 is 1.24 bits per heavy atom. The average molecular weight is 367 g/mol. The summed E-state index contributed by atoms with van der Waals surface area (Å²) in [5.74, 6) is -0.114. The molecule has 3 N–H and O–H groups in total. The van der Waals surface area contributed by atoms with Gasteiger partial charge in [-0.1, -0.05) is 17.7 Å². The summed E-state index contributed by atoms with van der Waals surface area (Å²) in [6.45, 7) is 3.14. The normalized spacial score (nSPS) is 25.8. The Balaban J connectivity index is 1.54. The topological polar surface area (TPSA) is 98.7 Å². The Hall–Kier alpha value is -1.48. The fourth-order valence-electron chi connectivity index (χ4n) is 3.32. The Kier molecular flexibility index (Phi) is 5.43. The van der Waals surface area contributed by atoms with Gasteiger partial charge in [0.05, 0.1) is 17.0 Å². The molecular formula is C17H25N3O4S. The summed E-state index contributed by atoms with van der Waals surface area (Å²) in [4.78, 5) is 12.5. The van der Waals surface area contributed by atoms with Crippen LogP contribution in [0, 0.1) is 6.92 Å². The maximum absolute atomic E-state index is 12.7. The van der Waals surface area contributed by atoms with Crippen LogP contribution in [0.25, 0.3) is 0 Å². The third-order valence-electron chi connectivity index (χ3n) is 4.88. The van der Waals surface area contributed by atoms with Gasteiger partial charge in [0.2, 0.25) is 15.9 Å². The van der Waals surface area contributed by atoms with E-state index in [0.29, 0.717) is 43.8 Å². The minimum atomic E-state index is -3.48. The number of sulfonamides is 1. The Bertz CT molecular complexity index is 712. The lowest BCUT2D eigenvalue weighted by atomic mass is 10.1. The summed E-state index contributed by atoms with van der Waals surface area (Å²) < 4.78 is 26.8. The number of hydrogen-bond acceptors (Lipinski definition) is 5. The molecular weight excluding hydrogens is 342 g/mol. The number of nitrogens with one attached hydrogen (secondary N) is 2. The molecule has 8 heteroatoms. The lowest BCUT2D eigenvalue weighted by Crippen LogP contribution is -2.50. The van der Waals surface area contributed by atoms with Gasteiger partial charge in [0.1, 0.15) is 0 Å². The Morgan fingerprint density at radius 3 is 2.44 bits per heavy atom. The minimum absolute atomic E-state index is 0.0310. The van der Waals surface area contributed by atoms with Crippen LogP contribution >= 0.6 is 0 Å². The molecule has 25 heavy (non-hydrogen) atoms. The molecule has 0 saturated carbocycles. The molecule has 0 spiro atoms. The van der Waals surface area contributed by atoms with E-state index in [-0.39, 0.29) is 18.0 Å². The molecule has 1 aromatic carbocycles. The molecule has 2 saturated heterocycles. The van der Waals surface area contributed by atoms with E-state index < -0.39 is 16.1 Å². The second kappa shape index (κ2) is 7.41. The fourth-order valence-corrected chi connectivity index (χ4v) is 4.79. The zero-order valence-corrected chi connectivity index (χ0v) is 15.1. The van der Waals surface area contributed by atoms with Crippen LogP contribution in [0.4, 0.5) is 0 Å². The van der Waals surface area contributed by atoms with Gasteiger partial charge in [-0.25, -0.2) is 8.42 Å². The van der Waals surface area contributed by atoms with Crippen molar-refractivity contribution in [2.75, 3.05) is 19.6 Å². The van der Waals surface area contributed by atoms with Gasteiger partial charge in [0, 0.05) is 25.7 Å². The van der Waals surface area contributed by atoms with Crippen molar-refractivity contribution in [1.29, 1.82) is 0 Å². The van der Waals surface area contributed by atoms with Crippen molar-refractivity contribution < 1.29 is 18.3 Å². The predicted molar refractivity (Wildman–Crippen MR) is 93.5 cm³/mol. The summed E-state index contributed by atoms with van der Waals surface area (Å²) in [7, 11) is -3.48. The molecule has 3 rings (SSSR count). The summed E-state index contributed by atoms with van der Waals surface area (Å²) in [6, 6.07) is 6.47. The van der Waals surface area contributed by atoms with Gasteiger partial charge in [0.15, 0.2) is 0 Å². The number of piperidine rings is 1. The van der Waals surface area contributed by atoms with Gasteiger partial charge in [-0.2, -0.15) is 4.31 Å². The van der Waals surface area contributed by atoms with Crippen LogP contribution in [0.2, 0.25) is 0 Å². The number of rotatable bonds is 4. The molecule has 0 bridgehead atoms. The SMILES string of the molecule is Cc1ccc(S(=O)(=O)N2CCC(NC(=O)C3CC(O)CN3)CC2)cc1. The van der Waals surface area contributed by atoms with E-state index in [1.165, 1.54) is 4.31 Å². The Labute approximate surface area is 148 Å². The van der Waals surface area contributed by atoms with Crippen molar-refractivity contribution in [3.63, 3.8) is 0 Å².